The predicted molar refractivity (Wildman–Crippen MR) is 74.8 cm³/mol. The highest BCUT2D eigenvalue weighted by Crippen LogP contribution is 2.36. The summed E-state index contributed by atoms with van der Waals surface area (Å²) in [6.07, 6.45) is 1.21. The minimum atomic E-state index is 0.482. The van der Waals surface area contributed by atoms with Gasteiger partial charge in [-0.3, -0.25) is 4.90 Å². The molecule has 3 heteroatoms. The van der Waals surface area contributed by atoms with Crippen molar-refractivity contribution in [3.8, 4) is 5.75 Å². The van der Waals surface area contributed by atoms with E-state index in [4.69, 9.17) is 10.5 Å². The molecule has 0 radical (unpaired) electrons. The summed E-state index contributed by atoms with van der Waals surface area (Å²) < 4.78 is 5.49. The van der Waals surface area contributed by atoms with Gasteiger partial charge in [0.1, 0.15) is 5.75 Å². The molecular formula is C15H24N2O. The van der Waals surface area contributed by atoms with Crippen LogP contribution in [0.1, 0.15) is 31.9 Å². The summed E-state index contributed by atoms with van der Waals surface area (Å²) in [5, 5.41) is 0. The summed E-state index contributed by atoms with van der Waals surface area (Å²) in [6.45, 7) is 7.98. The molecule has 1 fully saturated rings. The molecule has 1 heterocycles. The fraction of sp³-hybridized carbons (Fsp3) is 0.600. The van der Waals surface area contributed by atoms with E-state index in [9.17, 15) is 0 Å². The van der Waals surface area contributed by atoms with Crippen molar-refractivity contribution in [2.24, 2.45) is 11.7 Å². The van der Waals surface area contributed by atoms with E-state index in [0.717, 1.165) is 32.0 Å². The molecule has 100 valence electrons. The van der Waals surface area contributed by atoms with Gasteiger partial charge in [-0.2, -0.15) is 0 Å². The number of nitrogens with zero attached hydrogens (tertiary/aromatic N) is 1. The third-order valence-electron chi connectivity index (χ3n) is 3.87. The summed E-state index contributed by atoms with van der Waals surface area (Å²) in [5.41, 5.74) is 7.27. The number of ether oxygens (including phenoxy) is 1. The normalized spacial score (nSPS) is 24.4. The highest BCUT2D eigenvalue weighted by molar-refractivity contribution is 5.30. The number of hydrogen-bond donors (Lipinski definition) is 1. The summed E-state index contributed by atoms with van der Waals surface area (Å²) in [4.78, 5) is 2.52. The van der Waals surface area contributed by atoms with Gasteiger partial charge in [0.2, 0.25) is 0 Å². The van der Waals surface area contributed by atoms with Crippen molar-refractivity contribution in [2.45, 2.75) is 26.3 Å². The molecule has 0 aliphatic carbocycles. The Morgan fingerprint density at radius 1 is 1.28 bits per heavy atom. The van der Waals surface area contributed by atoms with Crippen LogP contribution >= 0.6 is 0 Å². The first-order chi connectivity index (χ1) is 8.80. The molecule has 0 spiro atoms. The molecule has 2 atom stereocenters. The quantitative estimate of drug-likeness (QED) is 0.869. The van der Waals surface area contributed by atoms with Crippen molar-refractivity contribution in [1.29, 1.82) is 0 Å². The average molecular weight is 248 g/mol. The van der Waals surface area contributed by atoms with Crippen LogP contribution in [0.25, 0.3) is 0 Å². The van der Waals surface area contributed by atoms with Crippen LogP contribution in [0.2, 0.25) is 0 Å². The SMILES string of the molecule is CCOc1ccc(C2C(CN)CCN2CC)cc1. The van der Waals surface area contributed by atoms with Crippen molar-refractivity contribution < 1.29 is 4.74 Å². The van der Waals surface area contributed by atoms with Crippen molar-refractivity contribution >= 4 is 0 Å². The largest absolute Gasteiger partial charge is 0.494 e. The number of likely N-dealkylation sites (tertiary alicyclic amines) is 1. The van der Waals surface area contributed by atoms with E-state index >= 15 is 0 Å². The summed E-state index contributed by atoms with van der Waals surface area (Å²) in [7, 11) is 0. The molecule has 1 aromatic carbocycles. The Kier molecular flexibility index (Phi) is 4.61. The Balaban J connectivity index is 2.17. The standard InChI is InChI=1S/C15H24N2O/c1-3-17-10-9-13(11-16)15(17)12-5-7-14(8-6-12)18-4-2/h5-8,13,15H,3-4,9-11,16H2,1-2H3. The molecule has 0 saturated carbocycles. The van der Waals surface area contributed by atoms with Gasteiger partial charge in [0.05, 0.1) is 6.61 Å². The Labute approximate surface area is 110 Å². The third-order valence-corrected chi connectivity index (χ3v) is 3.87. The molecule has 2 N–H and O–H groups in total. The lowest BCUT2D eigenvalue weighted by atomic mass is 9.94. The van der Waals surface area contributed by atoms with Crippen LogP contribution < -0.4 is 10.5 Å². The number of nitrogens with two attached hydrogens (primary N) is 1. The predicted octanol–water partition coefficient (Wildman–Crippen LogP) is 2.43. The molecule has 2 rings (SSSR count). The summed E-state index contributed by atoms with van der Waals surface area (Å²) in [6, 6.07) is 8.99. The van der Waals surface area contributed by atoms with Crippen LogP contribution in [0, 0.1) is 5.92 Å². The lowest BCUT2D eigenvalue weighted by Gasteiger charge is -2.27. The maximum atomic E-state index is 5.90. The molecule has 0 amide bonds. The molecule has 0 bridgehead atoms. The third kappa shape index (κ3) is 2.68. The monoisotopic (exact) mass is 248 g/mol. The second-order valence-corrected chi connectivity index (χ2v) is 4.86. The first-order valence-corrected chi connectivity index (χ1v) is 6.97. The minimum Gasteiger partial charge on any atom is -0.494 e. The Bertz CT molecular complexity index is 351. The first-order valence-electron chi connectivity index (χ1n) is 6.97. The molecular weight excluding hydrogens is 224 g/mol. The molecule has 1 saturated heterocycles. The van der Waals surface area contributed by atoms with Gasteiger partial charge in [-0.1, -0.05) is 19.1 Å². The zero-order valence-corrected chi connectivity index (χ0v) is 11.4. The zero-order chi connectivity index (χ0) is 13.0. The van der Waals surface area contributed by atoms with Gasteiger partial charge in [-0.15, -0.1) is 0 Å². The zero-order valence-electron chi connectivity index (χ0n) is 11.4. The van der Waals surface area contributed by atoms with Gasteiger partial charge in [0.25, 0.3) is 0 Å². The van der Waals surface area contributed by atoms with E-state index in [2.05, 4.69) is 36.1 Å². The molecule has 1 aromatic rings. The van der Waals surface area contributed by atoms with E-state index in [1.807, 2.05) is 6.92 Å². The minimum absolute atomic E-state index is 0.482. The van der Waals surface area contributed by atoms with Gasteiger partial charge in [-0.25, -0.2) is 0 Å². The van der Waals surface area contributed by atoms with Crippen LogP contribution in [0.15, 0.2) is 24.3 Å². The fourth-order valence-electron chi connectivity index (χ4n) is 2.94. The Morgan fingerprint density at radius 2 is 2.00 bits per heavy atom. The smallest absolute Gasteiger partial charge is 0.119 e. The molecule has 1 aliphatic heterocycles. The maximum Gasteiger partial charge on any atom is 0.119 e. The van der Waals surface area contributed by atoms with Crippen molar-refractivity contribution in [3.05, 3.63) is 29.8 Å². The van der Waals surface area contributed by atoms with E-state index in [0.29, 0.717) is 12.0 Å². The molecule has 0 aromatic heterocycles. The van der Waals surface area contributed by atoms with E-state index in [1.54, 1.807) is 0 Å². The van der Waals surface area contributed by atoms with E-state index in [1.165, 1.54) is 12.0 Å². The van der Waals surface area contributed by atoms with Crippen LogP contribution in [-0.2, 0) is 0 Å². The lowest BCUT2D eigenvalue weighted by molar-refractivity contribution is 0.241. The topological polar surface area (TPSA) is 38.5 Å². The second kappa shape index (κ2) is 6.21. The first kappa shape index (κ1) is 13.4. The highest BCUT2D eigenvalue weighted by atomic mass is 16.5. The molecule has 18 heavy (non-hydrogen) atoms. The maximum absolute atomic E-state index is 5.90. The van der Waals surface area contributed by atoms with Crippen molar-refractivity contribution in [3.63, 3.8) is 0 Å². The van der Waals surface area contributed by atoms with Crippen LogP contribution in [0.5, 0.6) is 5.75 Å². The number of benzene rings is 1. The fourth-order valence-corrected chi connectivity index (χ4v) is 2.94. The second-order valence-electron chi connectivity index (χ2n) is 4.86. The van der Waals surface area contributed by atoms with Crippen molar-refractivity contribution in [2.75, 3.05) is 26.2 Å². The van der Waals surface area contributed by atoms with Crippen molar-refractivity contribution in [1.82, 2.24) is 4.90 Å². The van der Waals surface area contributed by atoms with Gasteiger partial charge < -0.3 is 10.5 Å². The average Bonchev–Trinajstić information content (AvgIpc) is 2.83. The van der Waals surface area contributed by atoms with Gasteiger partial charge in [-0.05, 0) is 56.6 Å². The van der Waals surface area contributed by atoms with E-state index in [-0.39, 0.29) is 0 Å². The number of rotatable bonds is 5. The van der Waals surface area contributed by atoms with Gasteiger partial charge in [0, 0.05) is 6.04 Å². The highest BCUT2D eigenvalue weighted by Gasteiger charge is 2.33. The lowest BCUT2D eigenvalue weighted by Crippen LogP contribution is -2.28. The van der Waals surface area contributed by atoms with Crippen LogP contribution in [0.4, 0.5) is 0 Å². The summed E-state index contributed by atoms with van der Waals surface area (Å²) >= 11 is 0. The molecule has 1 aliphatic rings. The Morgan fingerprint density at radius 3 is 2.56 bits per heavy atom. The Hall–Kier alpha value is -1.06. The van der Waals surface area contributed by atoms with Crippen LogP contribution in [0.3, 0.4) is 0 Å². The molecule has 3 nitrogen and oxygen atoms in total. The van der Waals surface area contributed by atoms with E-state index < -0.39 is 0 Å². The number of hydrogen-bond acceptors (Lipinski definition) is 3. The van der Waals surface area contributed by atoms with Crippen LogP contribution in [-0.4, -0.2) is 31.1 Å². The van der Waals surface area contributed by atoms with Gasteiger partial charge in [0.15, 0.2) is 0 Å². The van der Waals surface area contributed by atoms with Gasteiger partial charge >= 0.3 is 0 Å². The molecule has 2 unspecified atom stereocenters. The summed E-state index contributed by atoms with van der Waals surface area (Å²) in [5.74, 6) is 1.54.